The van der Waals surface area contributed by atoms with Gasteiger partial charge in [0.05, 0.1) is 24.8 Å². The Labute approximate surface area is 275 Å². The molecular formula is C32H32F8N4O5. The molecule has 5 N–H and O–H groups in total. The number of carbonyl (C=O) groups is 2. The normalized spacial score (nSPS) is 17.9. The number of morpholine rings is 1. The summed E-state index contributed by atoms with van der Waals surface area (Å²) in [7, 11) is 0. The highest BCUT2D eigenvalue weighted by Gasteiger charge is 2.33. The van der Waals surface area contributed by atoms with E-state index in [1.807, 2.05) is 0 Å². The SMILES string of the molecule is NC(C(=O)Nc1cccc(F)c1CC[C@@H]1CN[C@H](COC(=O)NCC(F)(F)F)CO1)[C@H](c1ccc(F)cc1)c1ccc(OC(F)(F)F)cc1. The molecule has 266 valence electrons. The lowest BCUT2D eigenvalue weighted by Crippen LogP contribution is -2.49. The van der Waals surface area contributed by atoms with Gasteiger partial charge in [0.2, 0.25) is 5.91 Å². The maximum absolute atomic E-state index is 15.0. The molecular weight excluding hydrogens is 672 g/mol. The monoisotopic (exact) mass is 704 g/mol. The van der Waals surface area contributed by atoms with Crippen molar-refractivity contribution >= 4 is 17.7 Å². The van der Waals surface area contributed by atoms with Crippen LogP contribution in [0.2, 0.25) is 0 Å². The summed E-state index contributed by atoms with van der Waals surface area (Å²) in [5.74, 6) is -3.39. The first-order chi connectivity index (χ1) is 23.1. The van der Waals surface area contributed by atoms with Crippen LogP contribution in [0.1, 0.15) is 29.0 Å². The molecule has 9 nitrogen and oxygen atoms in total. The molecule has 0 aliphatic carbocycles. The molecule has 1 saturated heterocycles. The van der Waals surface area contributed by atoms with Gasteiger partial charge >= 0.3 is 18.6 Å². The second-order valence-electron chi connectivity index (χ2n) is 11.1. The van der Waals surface area contributed by atoms with Crippen LogP contribution in [0.4, 0.5) is 45.6 Å². The molecule has 0 bridgehead atoms. The number of nitrogens with two attached hydrogens (primary N) is 1. The van der Waals surface area contributed by atoms with E-state index < -0.39 is 72.6 Å². The number of amides is 2. The highest BCUT2D eigenvalue weighted by molar-refractivity contribution is 5.96. The van der Waals surface area contributed by atoms with E-state index in [9.17, 15) is 40.3 Å². The summed E-state index contributed by atoms with van der Waals surface area (Å²) in [4.78, 5) is 24.9. The van der Waals surface area contributed by atoms with Crippen LogP contribution >= 0.6 is 0 Å². The van der Waals surface area contributed by atoms with E-state index in [1.165, 1.54) is 42.5 Å². The van der Waals surface area contributed by atoms with E-state index in [4.69, 9.17) is 15.2 Å². The van der Waals surface area contributed by atoms with Crippen LogP contribution in [0.3, 0.4) is 0 Å². The number of nitrogens with one attached hydrogen (secondary N) is 3. The van der Waals surface area contributed by atoms with E-state index in [1.54, 1.807) is 5.32 Å². The Morgan fingerprint density at radius 1 is 0.959 bits per heavy atom. The van der Waals surface area contributed by atoms with Gasteiger partial charge in [-0.3, -0.25) is 4.79 Å². The summed E-state index contributed by atoms with van der Waals surface area (Å²) >= 11 is 0. The van der Waals surface area contributed by atoms with Gasteiger partial charge in [-0.15, -0.1) is 13.2 Å². The number of carbonyl (C=O) groups excluding carboxylic acids is 2. The molecule has 3 aromatic rings. The van der Waals surface area contributed by atoms with Crippen molar-refractivity contribution in [2.75, 3.05) is 31.6 Å². The molecule has 1 fully saturated rings. The molecule has 17 heteroatoms. The number of alkyl carbamates (subject to hydrolysis) is 1. The average Bonchev–Trinajstić information content (AvgIpc) is 3.03. The predicted octanol–water partition coefficient (Wildman–Crippen LogP) is 5.54. The lowest BCUT2D eigenvalue weighted by Gasteiger charge is -2.30. The van der Waals surface area contributed by atoms with Crippen molar-refractivity contribution in [3.8, 4) is 5.75 Å². The minimum atomic E-state index is -4.92. The first-order valence-electron chi connectivity index (χ1n) is 14.9. The lowest BCUT2D eigenvalue weighted by atomic mass is 9.85. The van der Waals surface area contributed by atoms with Gasteiger partial charge < -0.3 is 35.9 Å². The third-order valence-electron chi connectivity index (χ3n) is 7.47. The third kappa shape index (κ3) is 11.6. The molecule has 4 rings (SSSR count). The van der Waals surface area contributed by atoms with E-state index in [0.717, 1.165) is 24.3 Å². The molecule has 1 aliphatic rings. The smallest absolute Gasteiger partial charge is 0.448 e. The molecule has 49 heavy (non-hydrogen) atoms. The summed E-state index contributed by atoms with van der Waals surface area (Å²) in [6.45, 7) is -1.46. The average molecular weight is 705 g/mol. The maximum Gasteiger partial charge on any atom is 0.573 e. The quantitative estimate of drug-likeness (QED) is 0.183. The Morgan fingerprint density at radius 2 is 1.61 bits per heavy atom. The van der Waals surface area contributed by atoms with Crippen molar-refractivity contribution in [2.45, 2.75) is 49.5 Å². The summed E-state index contributed by atoms with van der Waals surface area (Å²) in [5.41, 5.74) is 7.38. The van der Waals surface area contributed by atoms with Crippen molar-refractivity contribution in [3.05, 3.63) is 95.1 Å². The highest BCUT2D eigenvalue weighted by Crippen LogP contribution is 2.32. The van der Waals surface area contributed by atoms with Gasteiger partial charge in [-0.25, -0.2) is 13.6 Å². The van der Waals surface area contributed by atoms with Crippen LogP contribution < -0.4 is 26.4 Å². The summed E-state index contributed by atoms with van der Waals surface area (Å²) in [6, 6.07) is 12.0. The fraction of sp³-hybridized carbons (Fsp3) is 0.375. The van der Waals surface area contributed by atoms with Gasteiger partial charge in [-0.2, -0.15) is 13.2 Å². The van der Waals surface area contributed by atoms with Crippen LogP contribution in [0.5, 0.6) is 5.75 Å². The Bertz CT molecular complexity index is 1550. The highest BCUT2D eigenvalue weighted by atomic mass is 19.4. The fourth-order valence-electron chi connectivity index (χ4n) is 5.12. The van der Waals surface area contributed by atoms with Gasteiger partial charge in [0.1, 0.15) is 30.5 Å². The standard InChI is InChI=1S/C32H32F8N4O5/c33-20-8-4-18(5-9-20)27(19-6-10-22(11-7-19)49-32(38,39)40)28(41)29(45)44-26-3-1-2-25(34)24(26)13-12-23-14-42-21(15-47-23)16-48-30(46)43-17-31(35,36)37/h1-11,21,23,27-28,42H,12-17,41H2,(H,43,46)(H,44,45)/t21-,23+,27+,28?/m0/s1. The Morgan fingerprint density at radius 3 is 2.20 bits per heavy atom. The van der Waals surface area contributed by atoms with Gasteiger partial charge in [0.25, 0.3) is 0 Å². The number of ether oxygens (including phenoxy) is 3. The predicted molar refractivity (Wildman–Crippen MR) is 160 cm³/mol. The zero-order chi connectivity index (χ0) is 35.8. The molecule has 0 saturated carbocycles. The van der Waals surface area contributed by atoms with E-state index >= 15 is 4.39 Å². The molecule has 0 spiro atoms. The Balaban J connectivity index is 1.38. The number of hydrogen-bond acceptors (Lipinski definition) is 7. The summed E-state index contributed by atoms with van der Waals surface area (Å²) in [6.07, 6.45) is -10.8. The van der Waals surface area contributed by atoms with Gasteiger partial charge in [0.15, 0.2) is 0 Å². The van der Waals surface area contributed by atoms with Crippen LogP contribution in [0.25, 0.3) is 0 Å². The summed E-state index contributed by atoms with van der Waals surface area (Å²) < 4.78 is 118. The number of alkyl halides is 6. The fourth-order valence-corrected chi connectivity index (χ4v) is 5.12. The first-order valence-corrected chi connectivity index (χ1v) is 14.9. The molecule has 0 aromatic heterocycles. The topological polar surface area (TPSA) is 124 Å². The van der Waals surface area contributed by atoms with Gasteiger partial charge in [0, 0.05) is 23.7 Å². The van der Waals surface area contributed by atoms with Crippen molar-refractivity contribution in [1.29, 1.82) is 0 Å². The number of benzene rings is 3. The van der Waals surface area contributed by atoms with Crippen molar-refractivity contribution in [1.82, 2.24) is 10.6 Å². The maximum atomic E-state index is 15.0. The Hall–Kier alpha value is -4.48. The third-order valence-corrected chi connectivity index (χ3v) is 7.47. The molecule has 1 heterocycles. The first kappa shape index (κ1) is 37.3. The van der Waals surface area contributed by atoms with Crippen LogP contribution in [-0.4, -0.2) is 69.0 Å². The van der Waals surface area contributed by atoms with Crippen LogP contribution in [-0.2, 0) is 20.7 Å². The number of halogens is 8. The largest absolute Gasteiger partial charge is 0.573 e. The van der Waals surface area contributed by atoms with Crippen molar-refractivity contribution < 1.29 is 58.9 Å². The van der Waals surface area contributed by atoms with Gasteiger partial charge in [-0.05, 0) is 60.4 Å². The molecule has 1 unspecified atom stereocenters. The molecule has 3 aromatic carbocycles. The second-order valence-corrected chi connectivity index (χ2v) is 11.1. The second kappa shape index (κ2) is 16.3. The van der Waals surface area contributed by atoms with Crippen molar-refractivity contribution in [3.63, 3.8) is 0 Å². The number of hydrogen-bond donors (Lipinski definition) is 4. The van der Waals surface area contributed by atoms with E-state index in [0.29, 0.717) is 11.1 Å². The number of anilines is 1. The molecule has 0 radical (unpaired) electrons. The van der Waals surface area contributed by atoms with Gasteiger partial charge in [-0.1, -0.05) is 30.3 Å². The summed E-state index contributed by atoms with van der Waals surface area (Å²) in [5, 5.41) is 7.28. The van der Waals surface area contributed by atoms with E-state index in [-0.39, 0.29) is 43.9 Å². The minimum absolute atomic E-state index is 0.0566. The Kier molecular flexibility index (Phi) is 12.4. The molecule has 4 atom stereocenters. The zero-order valence-corrected chi connectivity index (χ0v) is 25.5. The lowest BCUT2D eigenvalue weighted by molar-refractivity contribution is -0.274. The van der Waals surface area contributed by atoms with Crippen molar-refractivity contribution in [2.24, 2.45) is 5.73 Å². The van der Waals surface area contributed by atoms with Crippen LogP contribution in [0, 0.1) is 11.6 Å². The molecule has 1 aliphatic heterocycles. The number of rotatable bonds is 12. The van der Waals surface area contributed by atoms with Crippen LogP contribution in [0.15, 0.2) is 66.7 Å². The molecule has 2 amide bonds. The van der Waals surface area contributed by atoms with E-state index in [2.05, 4.69) is 15.4 Å². The minimum Gasteiger partial charge on any atom is -0.448 e. The zero-order valence-electron chi connectivity index (χ0n) is 25.5.